The lowest BCUT2D eigenvalue weighted by molar-refractivity contribution is -0.123. The summed E-state index contributed by atoms with van der Waals surface area (Å²) in [6.07, 6.45) is 0.858. The van der Waals surface area contributed by atoms with E-state index in [0.717, 1.165) is 17.3 Å². The highest BCUT2D eigenvalue weighted by atomic mass is 16.2. The minimum absolute atomic E-state index is 0.154. The lowest BCUT2D eigenvalue weighted by Crippen LogP contribution is -2.37. The Labute approximate surface area is 123 Å². The number of aromatic nitrogens is 1. The molecule has 21 heavy (non-hydrogen) atoms. The molecule has 0 spiro atoms. The summed E-state index contributed by atoms with van der Waals surface area (Å²) in [4.78, 5) is 24.7. The first-order chi connectivity index (χ1) is 10.1. The van der Waals surface area contributed by atoms with Crippen molar-refractivity contribution in [3.05, 3.63) is 46.2 Å². The van der Waals surface area contributed by atoms with E-state index in [0.29, 0.717) is 12.1 Å². The molecular weight excluding hydrogens is 266 g/mol. The van der Waals surface area contributed by atoms with E-state index in [2.05, 4.69) is 5.32 Å². The van der Waals surface area contributed by atoms with E-state index in [1.165, 1.54) is 4.57 Å². The van der Waals surface area contributed by atoms with Crippen LogP contribution in [0.3, 0.4) is 0 Å². The summed E-state index contributed by atoms with van der Waals surface area (Å²) in [6, 6.07) is 8.75. The van der Waals surface area contributed by atoms with Gasteiger partial charge in [-0.25, -0.2) is 0 Å². The highest BCUT2D eigenvalue weighted by Gasteiger charge is 2.19. The molecule has 0 saturated heterocycles. The van der Waals surface area contributed by atoms with E-state index >= 15 is 0 Å². The van der Waals surface area contributed by atoms with Crippen molar-refractivity contribution in [3.63, 3.8) is 0 Å². The van der Waals surface area contributed by atoms with Crippen LogP contribution in [0.1, 0.15) is 31.9 Å². The van der Waals surface area contributed by atoms with Crippen LogP contribution in [0.2, 0.25) is 0 Å². The zero-order valence-corrected chi connectivity index (χ0v) is 12.4. The first kappa shape index (κ1) is 15.3. The molecule has 0 aliphatic carbocycles. The standard InChI is InChI=1S/C16H21N3O2/c1-3-8-18-15(20)11(2)19-14-7-5-4-6-12(14)9-13(10-17)16(19)21/h4-7,9,11H,3,8,10,17H2,1-2H3,(H,18,20). The summed E-state index contributed by atoms with van der Waals surface area (Å²) in [7, 11) is 0. The number of carbonyl (C=O) groups excluding carboxylic acids is 1. The van der Waals surface area contributed by atoms with Crippen molar-refractivity contribution in [2.75, 3.05) is 6.54 Å². The zero-order chi connectivity index (χ0) is 15.4. The molecule has 1 heterocycles. The number of hydrogen-bond acceptors (Lipinski definition) is 3. The molecule has 1 atom stereocenters. The van der Waals surface area contributed by atoms with E-state index in [1.807, 2.05) is 31.2 Å². The second kappa shape index (κ2) is 6.54. The molecule has 0 bridgehead atoms. The van der Waals surface area contributed by atoms with Gasteiger partial charge in [-0.3, -0.25) is 14.2 Å². The van der Waals surface area contributed by atoms with E-state index in [4.69, 9.17) is 5.73 Å². The molecule has 0 fully saturated rings. The molecule has 1 aromatic heterocycles. The summed E-state index contributed by atoms with van der Waals surface area (Å²) in [6.45, 7) is 4.49. The van der Waals surface area contributed by atoms with Gasteiger partial charge >= 0.3 is 0 Å². The maximum Gasteiger partial charge on any atom is 0.256 e. The zero-order valence-electron chi connectivity index (χ0n) is 12.4. The van der Waals surface area contributed by atoms with Crippen molar-refractivity contribution in [1.82, 2.24) is 9.88 Å². The summed E-state index contributed by atoms with van der Waals surface area (Å²) in [5.41, 5.74) is 6.72. The highest BCUT2D eigenvalue weighted by Crippen LogP contribution is 2.17. The molecule has 3 N–H and O–H groups in total. The number of pyridine rings is 1. The van der Waals surface area contributed by atoms with E-state index in [1.54, 1.807) is 13.0 Å². The lowest BCUT2D eigenvalue weighted by atomic mass is 10.1. The van der Waals surface area contributed by atoms with Gasteiger partial charge in [0.1, 0.15) is 6.04 Å². The quantitative estimate of drug-likeness (QED) is 0.876. The van der Waals surface area contributed by atoms with Gasteiger partial charge in [-0.2, -0.15) is 0 Å². The second-order valence-electron chi connectivity index (χ2n) is 5.07. The third-order valence-corrected chi connectivity index (χ3v) is 3.56. The number of hydrogen-bond donors (Lipinski definition) is 2. The van der Waals surface area contributed by atoms with Crippen LogP contribution in [0.4, 0.5) is 0 Å². The van der Waals surface area contributed by atoms with E-state index < -0.39 is 6.04 Å². The first-order valence-corrected chi connectivity index (χ1v) is 7.21. The number of carbonyl (C=O) groups is 1. The van der Waals surface area contributed by atoms with Crippen molar-refractivity contribution >= 4 is 16.8 Å². The predicted molar refractivity (Wildman–Crippen MR) is 84.1 cm³/mol. The van der Waals surface area contributed by atoms with Crippen LogP contribution in [0.5, 0.6) is 0 Å². The Morgan fingerprint density at radius 2 is 2.10 bits per heavy atom. The Morgan fingerprint density at radius 3 is 2.76 bits per heavy atom. The predicted octanol–water partition coefficient (Wildman–Crippen LogP) is 1.55. The van der Waals surface area contributed by atoms with Gasteiger partial charge < -0.3 is 11.1 Å². The highest BCUT2D eigenvalue weighted by molar-refractivity contribution is 5.85. The van der Waals surface area contributed by atoms with Gasteiger partial charge in [0.15, 0.2) is 0 Å². The molecule has 0 aliphatic heterocycles. The van der Waals surface area contributed by atoms with Gasteiger partial charge in [0.2, 0.25) is 5.91 Å². The van der Waals surface area contributed by atoms with Crippen LogP contribution < -0.4 is 16.6 Å². The number of fused-ring (bicyclic) bond motifs is 1. The molecule has 0 aliphatic rings. The fourth-order valence-electron chi connectivity index (χ4n) is 2.39. The molecular formula is C16H21N3O2. The lowest BCUT2D eigenvalue weighted by Gasteiger charge is -2.18. The minimum Gasteiger partial charge on any atom is -0.354 e. The number of para-hydroxylation sites is 1. The summed E-state index contributed by atoms with van der Waals surface area (Å²) in [5.74, 6) is -0.154. The number of rotatable bonds is 5. The molecule has 2 aromatic rings. The van der Waals surface area contributed by atoms with E-state index in [-0.39, 0.29) is 18.0 Å². The van der Waals surface area contributed by atoms with Gasteiger partial charge in [0.05, 0.1) is 5.52 Å². The van der Waals surface area contributed by atoms with Crippen LogP contribution in [0.15, 0.2) is 35.1 Å². The maximum atomic E-state index is 12.5. The Balaban J connectivity index is 2.58. The van der Waals surface area contributed by atoms with Crippen LogP contribution in [0, 0.1) is 0 Å². The number of amides is 1. The second-order valence-corrected chi connectivity index (χ2v) is 5.07. The van der Waals surface area contributed by atoms with Crippen LogP contribution in [-0.4, -0.2) is 17.0 Å². The third kappa shape index (κ3) is 2.97. The van der Waals surface area contributed by atoms with Gasteiger partial charge in [0, 0.05) is 18.7 Å². The Bertz CT molecular complexity index is 706. The molecule has 1 aromatic carbocycles. The Hall–Kier alpha value is -2.14. The number of nitrogens with two attached hydrogens (primary N) is 1. The van der Waals surface area contributed by atoms with Crippen molar-refractivity contribution in [3.8, 4) is 0 Å². The Kier molecular flexibility index (Phi) is 4.75. The van der Waals surface area contributed by atoms with Crippen molar-refractivity contribution < 1.29 is 4.79 Å². The van der Waals surface area contributed by atoms with Crippen LogP contribution >= 0.6 is 0 Å². The molecule has 1 unspecified atom stereocenters. The fraction of sp³-hybridized carbons (Fsp3) is 0.375. The van der Waals surface area contributed by atoms with Crippen LogP contribution in [0.25, 0.3) is 10.9 Å². The molecule has 1 amide bonds. The number of nitrogens with one attached hydrogen (secondary N) is 1. The van der Waals surface area contributed by atoms with Gasteiger partial charge in [-0.1, -0.05) is 25.1 Å². The molecule has 5 nitrogen and oxygen atoms in total. The first-order valence-electron chi connectivity index (χ1n) is 7.21. The van der Waals surface area contributed by atoms with Gasteiger partial charge in [-0.05, 0) is 30.9 Å². The third-order valence-electron chi connectivity index (χ3n) is 3.56. The number of nitrogens with zero attached hydrogens (tertiary/aromatic N) is 1. The molecule has 2 rings (SSSR count). The summed E-state index contributed by atoms with van der Waals surface area (Å²) >= 11 is 0. The molecule has 0 saturated carbocycles. The van der Waals surface area contributed by atoms with Gasteiger partial charge in [0.25, 0.3) is 5.56 Å². The fourth-order valence-corrected chi connectivity index (χ4v) is 2.39. The van der Waals surface area contributed by atoms with Crippen molar-refractivity contribution in [2.24, 2.45) is 5.73 Å². The normalized spacial score (nSPS) is 12.3. The van der Waals surface area contributed by atoms with Crippen LogP contribution in [-0.2, 0) is 11.3 Å². The monoisotopic (exact) mass is 287 g/mol. The molecule has 5 heteroatoms. The minimum atomic E-state index is -0.569. The van der Waals surface area contributed by atoms with Crippen molar-refractivity contribution in [2.45, 2.75) is 32.9 Å². The molecule has 112 valence electrons. The molecule has 0 radical (unpaired) electrons. The largest absolute Gasteiger partial charge is 0.354 e. The smallest absolute Gasteiger partial charge is 0.256 e. The average Bonchev–Trinajstić information content (AvgIpc) is 2.51. The Morgan fingerprint density at radius 1 is 1.38 bits per heavy atom. The van der Waals surface area contributed by atoms with Crippen molar-refractivity contribution in [1.29, 1.82) is 0 Å². The van der Waals surface area contributed by atoms with Gasteiger partial charge in [-0.15, -0.1) is 0 Å². The maximum absolute atomic E-state index is 12.5. The summed E-state index contributed by atoms with van der Waals surface area (Å²) in [5, 5.41) is 3.74. The average molecular weight is 287 g/mol. The number of benzene rings is 1. The SMILES string of the molecule is CCCNC(=O)C(C)n1c(=O)c(CN)cc2ccccc21. The summed E-state index contributed by atoms with van der Waals surface area (Å²) < 4.78 is 1.53. The topological polar surface area (TPSA) is 77.1 Å². The van der Waals surface area contributed by atoms with E-state index in [9.17, 15) is 9.59 Å².